The van der Waals surface area contributed by atoms with Crippen LogP contribution < -0.4 is 16.8 Å². The van der Waals surface area contributed by atoms with Gasteiger partial charge in [-0.2, -0.15) is 0 Å². The van der Waals surface area contributed by atoms with Crippen molar-refractivity contribution in [3.8, 4) is 0 Å². The Bertz CT molecular complexity index is 714. The van der Waals surface area contributed by atoms with Crippen molar-refractivity contribution in [3.63, 3.8) is 0 Å². The molecule has 0 spiro atoms. The Balaban J connectivity index is 2.28. The lowest BCUT2D eigenvalue weighted by molar-refractivity contribution is -0.143. The Morgan fingerprint density at radius 2 is 2.12 bits per heavy atom. The van der Waals surface area contributed by atoms with Crippen LogP contribution in [0.4, 0.5) is 4.39 Å². The molecule has 1 amide bonds. The molecule has 142 valence electrons. The minimum absolute atomic E-state index is 0.150. The minimum atomic E-state index is -0.874. The Hall–Kier alpha value is -2.41. The summed E-state index contributed by atoms with van der Waals surface area (Å²) >= 11 is 0. The highest BCUT2D eigenvalue weighted by Crippen LogP contribution is 2.28. The highest BCUT2D eigenvalue weighted by molar-refractivity contribution is 6.18. The highest BCUT2D eigenvalue weighted by atomic mass is 19.1. The maximum Gasteiger partial charge on any atom is 0.307 e. The van der Waals surface area contributed by atoms with Gasteiger partial charge < -0.3 is 21.5 Å². The zero-order chi connectivity index (χ0) is 19.3. The number of rotatable bonds is 9. The number of hydrogen-bond acceptors (Lipinski definition) is 5. The molecule has 1 aromatic carbocycles. The molecule has 0 aliphatic heterocycles. The largest absolute Gasteiger partial charge is 0.466 e. The standard InChI is InChI=1S/C19H26FN3O3/c1-3-26-17(24)8-16(21)14-7-13(6-11(2)18(14)20)15(19(22)25)10-23-9-12-4-5-12/h6-7,10,12,16,23H,3-5,8-9,21H2,1-2H3,(H2,22,25)/b15-10-/t16-/m0/s1. The third-order valence-electron chi connectivity index (χ3n) is 4.30. The van der Waals surface area contributed by atoms with Crippen molar-refractivity contribution >= 4 is 17.4 Å². The highest BCUT2D eigenvalue weighted by Gasteiger charge is 2.22. The molecule has 5 N–H and O–H groups in total. The second-order valence-electron chi connectivity index (χ2n) is 6.59. The smallest absolute Gasteiger partial charge is 0.307 e. The van der Waals surface area contributed by atoms with Crippen molar-refractivity contribution in [1.29, 1.82) is 0 Å². The number of aryl methyl sites for hydroxylation is 1. The Kier molecular flexibility index (Phi) is 6.74. The summed E-state index contributed by atoms with van der Waals surface area (Å²) < 4.78 is 19.4. The zero-order valence-corrected chi connectivity index (χ0v) is 15.2. The van der Waals surface area contributed by atoms with Crippen molar-refractivity contribution in [2.75, 3.05) is 13.2 Å². The average molecular weight is 363 g/mol. The van der Waals surface area contributed by atoms with E-state index in [9.17, 15) is 14.0 Å². The van der Waals surface area contributed by atoms with Gasteiger partial charge in [-0.25, -0.2) is 4.39 Å². The van der Waals surface area contributed by atoms with E-state index in [1.54, 1.807) is 26.1 Å². The predicted octanol–water partition coefficient (Wildman–Crippen LogP) is 1.91. The summed E-state index contributed by atoms with van der Waals surface area (Å²) in [7, 11) is 0. The number of carbonyl (C=O) groups excluding carboxylic acids is 2. The number of nitrogens with two attached hydrogens (primary N) is 2. The quantitative estimate of drug-likeness (QED) is 0.459. The Labute approximate surface area is 152 Å². The van der Waals surface area contributed by atoms with Crippen LogP contribution in [0.15, 0.2) is 18.3 Å². The van der Waals surface area contributed by atoms with E-state index in [1.807, 2.05) is 0 Å². The number of hydrogen-bond donors (Lipinski definition) is 3. The van der Waals surface area contributed by atoms with Crippen LogP contribution in [0.25, 0.3) is 5.57 Å². The molecule has 0 heterocycles. The van der Waals surface area contributed by atoms with E-state index >= 15 is 0 Å². The molecule has 7 heteroatoms. The molecule has 1 aromatic rings. The van der Waals surface area contributed by atoms with Crippen molar-refractivity contribution in [3.05, 3.63) is 40.8 Å². The maximum atomic E-state index is 14.5. The topological polar surface area (TPSA) is 107 Å². The van der Waals surface area contributed by atoms with Gasteiger partial charge in [-0.05, 0) is 55.9 Å². The average Bonchev–Trinajstić information content (AvgIpc) is 3.38. The third kappa shape index (κ3) is 5.29. The van der Waals surface area contributed by atoms with Crippen LogP contribution in [0.5, 0.6) is 0 Å². The molecule has 0 unspecified atom stereocenters. The summed E-state index contributed by atoms with van der Waals surface area (Å²) in [6.45, 7) is 4.27. The number of nitrogens with one attached hydrogen (secondary N) is 1. The fourth-order valence-electron chi connectivity index (χ4n) is 2.68. The summed E-state index contributed by atoms with van der Waals surface area (Å²) in [5, 5.41) is 3.10. The van der Waals surface area contributed by atoms with E-state index in [2.05, 4.69) is 5.32 Å². The summed E-state index contributed by atoms with van der Waals surface area (Å²) in [5.74, 6) is -0.993. The molecule has 1 aliphatic rings. The van der Waals surface area contributed by atoms with E-state index in [1.165, 1.54) is 18.9 Å². The first kappa shape index (κ1) is 19.9. The molecule has 0 radical (unpaired) electrons. The lowest BCUT2D eigenvalue weighted by atomic mass is 9.95. The van der Waals surface area contributed by atoms with E-state index in [-0.39, 0.29) is 24.2 Å². The molecule has 1 aliphatic carbocycles. The van der Waals surface area contributed by atoms with Gasteiger partial charge in [-0.15, -0.1) is 0 Å². The van der Waals surface area contributed by atoms with Crippen molar-refractivity contribution in [2.24, 2.45) is 17.4 Å². The summed E-state index contributed by atoms with van der Waals surface area (Å²) in [5.41, 5.74) is 12.7. The number of benzene rings is 1. The van der Waals surface area contributed by atoms with Crippen LogP contribution in [-0.4, -0.2) is 25.0 Å². The van der Waals surface area contributed by atoms with Gasteiger partial charge in [0.2, 0.25) is 0 Å². The van der Waals surface area contributed by atoms with Crippen LogP contribution in [-0.2, 0) is 14.3 Å². The van der Waals surface area contributed by atoms with Gasteiger partial charge in [0, 0.05) is 24.4 Å². The SMILES string of the molecule is CCOC(=O)C[C@H](N)c1cc(/C(=C/NCC2CC2)C(N)=O)cc(C)c1F. The fourth-order valence-corrected chi connectivity index (χ4v) is 2.68. The molecular formula is C19H26FN3O3. The number of carbonyl (C=O) groups is 2. The van der Waals surface area contributed by atoms with Crippen LogP contribution >= 0.6 is 0 Å². The van der Waals surface area contributed by atoms with E-state index < -0.39 is 23.7 Å². The van der Waals surface area contributed by atoms with Crippen LogP contribution in [0.2, 0.25) is 0 Å². The Morgan fingerprint density at radius 1 is 1.42 bits per heavy atom. The summed E-state index contributed by atoms with van der Waals surface area (Å²) in [6.07, 6.45) is 3.77. The number of halogens is 1. The molecule has 1 fully saturated rings. The molecule has 26 heavy (non-hydrogen) atoms. The van der Waals surface area contributed by atoms with E-state index in [0.29, 0.717) is 17.0 Å². The second kappa shape index (κ2) is 8.80. The first-order chi connectivity index (χ1) is 12.3. The van der Waals surface area contributed by atoms with Crippen LogP contribution in [0, 0.1) is 18.7 Å². The van der Waals surface area contributed by atoms with Crippen molar-refractivity contribution < 1.29 is 18.7 Å². The molecule has 0 aromatic heterocycles. The van der Waals surface area contributed by atoms with Gasteiger partial charge in [0.05, 0.1) is 18.6 Å². The summed E-state index contributed by atoms with van der Waals surface area (Å²) in [6, 6.07) is 2.15. The van der Waals surface area contributed by atoms with E-state index in [0.717, 1.165) is 6.54 Å². The molecule has 0 saturated heterocycles. The lowest BCUT2D eigenvalue weighted by Gasteiger charge is -2.16. The zero-order valence-electron chi connectivity index (χ0n) is 15.2. The van der Waals surface area contributed by atoms with Gasteiger partial charge in [-0.1, -0.05) is 0 Å². The lowest BCUT2D eigenvalue weighted by Crippen LogP contribution is -2.21. The first-order valence-electron chi connectivity index (χ1n) is 8.78. The second-order valence-corrected chi connectivity index (χ2v) is 6.59. The Morgan fingerprint density at radius 3 is 2.69 bits per heavy atom. The number of esters is 1. The number of amides is 1. The normalized spacial score (nSPS) is 15.5. The number of primary amides is 1. The predicted molar refractivity (Wildman–Crippen MR) is 97.2 cm³/mol. The van der Waals surface area contributed by atoms with Crippen LogP contribution in [0.1, 0.15) is 48.9 Å². The molecule has 6 nitrogen and oxygen atoms in total. The summed E-state index contributed by atoms with van der Waals surface area (Å²) in [4.78, 5) is 23.5. The number of ether oxygens (including phenoxy) is 1. The van der Waals surface area contributed by atoms with Gasteiger partial charge >= 0.3 is 5.97 Å². The molecule has 1 saturated carbocycles. The van der Waals surface area contributed by atoms with Crippen LogP contribution in [0.3, 0.4) is 0 Å². The molecule has 1 atom stereocenters. The minimum Gasteiger partial charge on any atom is -0.466 e. The molecular weight excluding hydrogens is 337 g/mol. The van der Waals surface area contributed by atoms with Gasteiger partial charge in [0.25, 0.3) is 5.91 Å². The third-order valence-corrected chi connectivity index (χ3v) is 4.30. The van der Waals surface area contributed by atoms with E-state index in [4.69, 9.17) is 16.2 Å². The van der Waals surface area contributed by atoms with Gasteiger partial charge in [0.15, 0.2) is 0 Å². The first-order valence-corrected chi connectivity index (χ1v) is 8.78. The monoisotopic (exact) mass is 363 g/mol. The van der Waals surface area contributed by atoms with Gasteiger partial charge in [0.1, 0.15) is 5.82 Å². The van der Waals surface area contributed by atoms with Crippen molar-refractivity contribution in [2.45, 2.75) is 39.2 Å². The maximum absolute atomic E-state index is 14.5. The molecule has 0 bridgehead atoms. The fraction of sp³-hybridized carbons (Fsp3) is 0.474. The van der Waals surface area contributed by atoms with Gasteiger partial charge in [-0.3, -0.25) is 9.59 Å². The molecule has 2 rings (SSSR count). The van der Waals surface area contributed by atoms with Crippen molar-refractivity contribution in [1.82, 2.24) is 5.32 Å².